The molecule has 1 aromatic carbocycles. The fourth-order valence-electron chi connectivity index (χ4n) is 1.43. The van der Waals surface area contributed by atoms with Crippen molar-refractivity contribution in [3.63, 3.8) is 0 Å². The Morgan fingerprint density at radius 1 is 1.20 bits per heavy atom. The molecule has 0 fully saturated rings. The van der Waals surface area contributed by atoms with Crippen LogP contribution in [0.1, 0.15) is 26.3 Å². The zero-order valence-electron chi connectivity index (χ0n) is 9.86. The highest BCUT2D eigenvalue weighted by Gasteiger charge is 2.10. The number of nitrogens with one attached hydrogen (secondary N) is 1. The fourth-order valence-corrected chi connectivity index (χ4v) is 1.43. The number of hydrogen-bond acceptors (Lipinski definition) is 2. The van der Waals surface area contributed by atoms with Gasteiger partial charge in [0.2, 0.25) is 0 Å². The first kappa shape index (κ1) is 12.2. The summed E-state index contributed by atoms with van der Waals surface area (Å²) in [5.74, 6) is 0. The van der Waals surface area contributed by atoms with Crippen molar-refractivity contribution in [2.75, 3.05) is 6.54 Å². The molecule has 84 valence electrons. The second kappa shape index (κ2) is 6.59. The molecule has 0 aliphatic heterocycles. The molecule has 0 heterocycles. The van der Waals surface area contributed by atoms with Crippen molar-refractivity contribution in [1.29, 1.82) is 0 Å². The summed E-state index contributed by atoms with van der Waals surface area (Å²) in [6.07, 6.45) is 0.241. The van der Waals surface area contributed by atoms with E-state index in [1.165, 1.54) is 5.56 Å². The average Bonchev–Trinajstić information content (AvgIpc) is 2.27. The number of benzene rings is 1. The fraction of sp³-hybridized carbons (Fsp3) is 0.538. The molecule has 0 aromatic heterocycles. The summed E-state index contributed by atoms with van der Waals surface area (Å²) in [4.78, 5) is 0. The summed E-state index contributed by atoms with van der Waals surface area (Å²) in [5.41, 5.74) is 1.23. The average molecular weight is 207 g/mol. The van der Waals surface area contributed by atoms with Crippen molar-refractivity contribution in [1.82, 2.24) is 5.32 Å². The van der Waals surface area contributed by atoms with E-state index in [-0.39, 0.29) is 6.10 Å². The maximum Gasteiger partial charge on any atom is 0.0721 e. The van der Waals surface area contributed by atoms with E-state index in [1.807, 2.05) is 18.2 Å². The second-order valence-corrected chi connectivity index (χ2v) is 3.85. The molecule has 0 radical (unpaired) electrons. The quantitative estimate of drug-likeness (QED) is 0.774. The van der Waals surface area contributed by atoms with Gasteiger partial charge in [0.25, 0.3) is 0 Å². The minimum Gasteiger partial charge on any atom is -0.372 e. The van der Waals surface area contributed by atoms with Gasteiger partial charge in [-0.2, -0.15) is 0 Å². The predicted octanol–water partition coefficient (Wildman–Crippen LogP) is 2.59. The van der Waals surface area contributed by atoms with Gasteiger partial charge in [0.15, 0.2) is 0 Å². The van der Waals surface area contributed by atoms with Gasteiger partial charge in [-0.15, -0.1) is 0 Å². The molecule has 1 rings (SSSR count). The predicted molar refractivity (Wildman–Crippen MR) is 63.8 cm³/mol. The lowest BCUT2D eigenvalue weighted by atomic mass is 10.2. The number of likely N-dealkylation sites (N-methyl/N-ethyl adjacent to an activating group) is 1. The van der Waals surface area contributed by atoms with E-state index in [0.29, 0.717) is 12.6 Å². The smallest absolute Gasteiger partial charge is 0.0721 e. The van der Waals surface area contributed by atoms with Crippen LogP contribution in [0, 0.1) is 0 Å². The van der Waals surface area contributed by atoms with Crippen LogP contribution >= 0.6 is 0 Å². The van der Waals surface area contributed by atoms with Crippen LogP contribution in [0.25, 0.3) is 0 Å². The molecule has 0 amide bonds. The number of rotatable bonds is 6. The van der Waals surface area contributed by atoms with Crippen LogP contribution < -0.4 is 5.32 Å². The van der Waals surface area contributed by atoms with Gasteiger partial charge in [0, 0.05) is 6.04 Å². The SMILES string of the molecule is CCNC(C)C(C)OCc1ccccc1. The molecule has 2 atom stereocenters. The maximum absolute atomic E-state index is 5.78. The van der Waals surface area contributed by atoms with Crippen molar-refractivity contribution in [3.05, 3.63) is 35.9 Å². The first-order chi connectivity index (χ1) is 7.24. The molecule has 1 aromatic rings. The van der Waals surface area contributed by atoms with E-state index >= 15 is 0 Å². The van der Waals surface area contributed by atoms with Crippen LogP contribution in [-0.4, -0.2) is 18.7 Å². The first-order valence-electron chi connectivity index (χ1n) is 5.63. The molecule has 2 nitrogen and oxygen atoms in total. The van der Waals surface area contributed by atoms with Gasteiger partial charge < -0.3 is 10.1 Å². The summed E-state index contributed by atoms with van der Waals surface area (Å²) in [6, 6.07) is 10.7. The highest BCUT2D eigenvalue weighted by Crippen LogP contribution is 2.05. The van der Waals surface area contributed by atoms with Gasteiger partial charge in [0.05, 0.1) is 12.7 Å². The molecule has 1 N–H and O–H groups in total. The summed E-state index contributed by atoms with van der Waals surface area (Å²) in [7, 11) is 0. The van der Waals surface area contributed by atoms with Crippen LogP contribution in [0.15, 0.2) is 30.3 Å². The Bertz CT molecular complexity index is 260. The summed E-state index contributed by atoms with van der Waals surface area (Å²) in [5, 5.41) is 3.36. The Kier molecular flexibility index (Phi) is 5.37. The molecule has 0 aliphatic carbocycles. The number of ether oxygens (including phenoxy) is 1. The molecular formula is C13H21NO. The molecule has 0 spiro atoms. The molecular weight excluding hydrogens is 186 g/mol. The highest BCUT2D eigenvalue weighted by molar-refractivity contribution is 5.13. The minimum absolute atomic E-state index is 0.241. The lowest BCUT2D eigenvalue weighted by Crippen LogP contribution is -2.36. The zero-order valence-corrected chi connectivity index (χ0v) is 9.86. The van der Waals surface area contributed by atoms with Crippen LogP contribution in [0.2, 0.25) is 0 Å². The minimum atomic E-state index is 0.241. The molecule has 0 aliphatic rings. The second-order valence-electron chi connectivity index (χ2n) is 3.85. The van der Waals surface area contributed by atoms with Gasteiger partial charge in [-0.05, 0) is 26.0 Å². The van der Waals surface area contributed by atoms with Crippen LogP contribution in [-0.2, 0) is 11.3 Å². The van der Waals surface area contributed by atoms with E-state index < -0.39 is 0 Å². The molecule has 0 saturated heterocycles. The van der Waals surface area contributed by atoms with Gasteiger partial charge in [-0.3, -0.25) is 0 Å². The highest BCUT2D eigenvalue weighted by atomic mass is 16.5. The molecule has 2 heteroatoms. The Morgan fingerprint density at radius 3 is 2.47 bits per heavy atom. The van der Waals surface area contributed by atoms with Crippen molar-refractivity contribution in [3.8, 4) is 0 Å². The summed E-state index contributed by atoms with van der Waals surface area (Å²) >= 11 is 0. The molecule has 0 bridgehead atoms. The molecule has 0 saturated carbocycles. The molecule has 2 unspecified atom stereocenters. The standard InChI is InChI=1S/C13H21NO/c1-4-14-11(2)12(3)15-10-13-8-6-5-7-9-13/h5-9,11-12,14H,4,10H2,1-3H3. The third-order valence-corrected chi connectivity index (χ3v) is 2.59. The number of hydrogen-bond donors (Lipinski definition) is 1. The normalized spacial score (nSPS) is 14.9. The van der Waals surface area contributed by atoms with Crippen LogP contribution in [0.3, 0.4) is 0 Å². The van der Waals surface area contributed by atoms with Crippen LogP contribution in [0.5, 0.6) is 0 Å². The van der Waals surface area contributed by atoms with Gasteiger partial charge >= 0.3 is 0 Å². The first-order valence-corrected chi connectivity index (χ1v) is 5.63. The van der Waals surface area contributed by atoms with Crippen LogP contribution in [0.4, 0.5) is 0 Å². The monoisotopic (exact) mass is 207 g/mol. The Labute approximate surface area is 92.6 Å². The van der Waals surface area contributed by atoms with Gasteiger partial charge in [-0.1, -0.05) is 37.3 Å². The largest absolute Gasteiger partial charge is 0.372 e. The van der Waals surface area contributed by atoms with Gasteiger partial charge in [-0.25, -0.2) is 0 Å². The van der Waals surface area contributed by atoms with Crippen molar-refractivity contribution >= 4 is 0 Å². The van der Waals surface area contributed by atoms with Gasteiger partial charge in [0.1, 0.15) is 0 Å². The van der Waals surface area contributed by atoms with Crippen molar-refractivity contribution in [2.45, 2.75) is 39.5 Å². The summed E-state index contributed by atoms with van der Waals surface area (Å²) in [6.45, 7) is 8.05. The third kappa shape index (κ3) is 4.45. The molecule has 15 heavy (non-hydrogen) atoms. The topological polar surface area (TPSA) is 21.3 Å². The van der Waals surface area contributed by atoms with E-state index in [2.05, 4.69) is 38.2 Å². The lowest BCUT2D eigenvalue weighted by molar-refractivity contribution is 0.0317. The van der Waals surface area contributed by atoms with E-state index in [1.54, 1.807) is 0 Å². The zero-order chi connectivity index (χ0) is 11.1. The Morgan fingerprint density at radius 2 is 1.87 bits per heavy atom. The van der Waals surface area contributed by atoms with Crippen molar-refractivity contribution in [2.24, 2.45) is 0 Å². The Hall–Kier alpha value is -0.860. The van der Waals surface area contributed by atoms with E-state index in [0.717, 1.165) is 6.54 Å². The maximum atomic E-state index is 5.78. The van der Waals surface area contributed by atoms with E-state index in [4.69, 9.17) is 4.74 Å². The third-order valence-electron chi connectivity index (χ3n) is 2.59. The van der Waals surface area contributed by atoms with Crippen molar-refractivity contribution < 1.29 is 4.74 Å². The summed E-state index contributed by atoms with van der Waals surface area (Å²) < 4.78 is 5.78. The van der Waals surface area contributed by atoms with E-state index in [9.17, 15) is 0 Å². The lowest BCUT2D eigenvalue weighted by Gasteiger charge is -2.21. The Balaban J connectivity index is 2.31.